The smallest absolute Gasteiger partial charge is 0.277 e. The van der Waals surface area contributed by atoms with Crippen molar-refractivity contribution in [3.8, 4) is 0 Å². The Labute approximate surface area is 151 Å². The second-order valence-electron chi connectivity index (χ2n) is 8.15. The minimum atomic E-state index is 0.0974. The van der Waals surface area contributed by atoms with Gasteiger partial charge in [-0.05, 0) is 56.3 Å². The van der Waals surface area contributed by atoms with Crippen LogP contribution in [0.1, 0.15) is 54.8 Å². The fourth-order valence-corrected chi connectivity index (χ4v) is 6.35. The van der Waals surface area contributed by atoms with Crippen molar-refractivity contribution in [2.45, 2.75) is 49.2 Å². The molecule has 4 aliphatic carbocycles. The molecule has 1 heterocycles. The number of ketones is 1. The van der Waals surface area contributed by atoms with E-state index < -0.39 is 0 Å². The zero-order valence-corrected chi connectivity index (χ0v) is 15.0. The molecule has 0 unspecified atom stereocenters. The maximum Gasteiger partial charge on any atom is 0.277 e. The molecule has 4 fully saturated rings. The first-order chi connectivity index (χ1) is 12.2. The van der Waals surface area contributed by atoms with Crippen molar-refractivity contribution in [3.63, 3.8) is 0 Å². The van der Waals surface area contributed by atoms with E-state index in [0.29, 0.717) is 11.0 Å². The Morgan fingerprint density at radius 3 is 2.32 bits per heavy atom. The third-order valence-corrected chi connectivity index (χ3v) is 7.14. The van der Waals surface area contributed by atoms with Crippen molar-refractivity contribution in [3.05, 3.63) is 41.8 Å². The van der Waals surface area contributed by atoms with E-state index in [9.17, 15) is 4.79 Å². The second kappa shape index (κ2) is 5.97. The highest BCUT2D eigenvalue weighted by molar-refractivity contribution is 7.99. The monoisotopic (exact) mass is 354 g/mol. The Morgan fingerprint density at radius 2 is 1.68 bits per heavy atom. The molecule has 0 radical (unpaired) electrons. The van der Waals surface area contributed by atoms with Gasteiger partial charge in [-0.3, -0.25) is 4.79 Å². The van der Waals surface area contributed by atoms with Crippen LogP contribution < -0.4 is 0 Å². The summed E-state index contributed by atoms with van der Waals surface area (Å²) in [4.78, 5) is 12.2. The molecule has 1 aromatic carbocycles. The van der Waals surface area contributed by atoms with Gasteiger partial charge in [-0.25, -0.2) is 0 Å². The summed E-state index contributed by atoms with van der Waals surface area (Å²) < 4.78 is 6.04. The van der Waals surface area contributed by atoms with E-state index in [4.69, 9.17) is 4.42 Å². The van der Waals surface area contributed by atoms with Crippen molar-refractivity contribution in [1.82, 2.24) is 10.2 Å². The van der Waals surface area contributed by atoms with E-state index in [1.54, 1.807) is 0 Å². The zero-order chi connectivity index (χ0) is 16.9. The number of Topliss-reactive ketones (excluding diaryl/α,β-unsaturated/α-hetero) is 1. The van der Waals surface area contributed by atoms with Crippen LogP contribution in [0, 0.1) is 17.8 Å². The first kappa shape index (κ1) is 15.6. The summed E-state index contributed by atoms with van der Waals surface area (Å²) >= 11 is 1.36. The van der Waals surface area contributed by atoms with Crippen LogP contribution in [0.4, 0.5) is 0 Å². The van der Waals surface area contributed by atoms with Gasteiger partial charge in [0.1, 0.15) is 0 Å². The molecule has 4 bridgehead atoms. The van der Waals surface area contributed by atoms with Gasteiger partial charge >= 0.3 is 0 Å². The summed E-state index contributed by atoms with van der Waals surface area (Å²) in [6, 6.07) is 9.38. The summed E-state index contributed by atoms with van der Waals surface area (Å²) in [6.45, 7) is 0. The molecule has 1 aromatic heterocycles. The molecule has 0 aliphatic heterocycles. The highest BCUT2D eigenvalue weighted by atomic mass is 32.2. The predicted octanol–water partition coefficient (Wildman–Crippen LogP) is 4.51. The Hall–Kier alpha value is -1.62. The summed E-state index contributed by atoms with van der Waals surface area (Å²) in [7, 11) is 0. The largest absolute Gasteiger partial charge is 0.415 e. The van der Waals surface area contributed by atoms with Crippen LogP contribution in [0.3, 0.4) is 0 Å². The lowest BCUT2D eigenvalue weighted by Crippen LogP contribution is -2.48. The number of hydrogen-bond donors (Lipinski definition) is 0. The fraction of sp³-hybridized carbons (Fsp3) is 0.550. The summed E-state index contributed by atoms with van der Waals surface area (Å²) in [5, 5.41) is 9.18. The quantitative estimate of drug-likeness (QED) is 0.584. The molecule has 4 nitrogen and oxygen atoms in total. The molecule has 0 spiro atoms. The molecular formula is C20H22N2O2S. The normalized spacial score (nSPS) is 32.9. The Bertz CT molecular complexity index is 751. The van der Waals surface area contributed by atoms with Gasteiger partial charge in [0.15, 0.2) is 5.78 Å². The molecule has 25 heavy (non-hydrogen) atoms. The molecule has 2 aromatic rings. The predicted molar refractivity (Wildman–Crippen MR) is 95.6 cm³/mol. The number of aromatic nitrogens is 2. The van der Waals surface area contributed by atoms with Crippen LogP contribution in [-0.2, 0) is 5.41 Å². The molecule has 4 aliphatic rings. The second-order valence-corrected chi connectivity index (χ2v) is 9.08. The van der Waals surface area contributed by atoms with Gasteiger partial charge in [0, 0.05) is 11.0 Å². The number of benzene rings is 1. The van der Waals surface area contributed by atoms with Crippen LogP contribution >= 0.6 is 11.8 Å². The highest BCUT2D eigenvalue weighted by Crippen LogP contribution is 2.60. The lowest BCUT2D eigenvalue weighted by molar-refractivity contribution is -0.0191. The first-order valence-electron chi connectivity index (χ1n) is 9.25. The molecule has 0 N–H and O–H groups in total. The number of carbonyl (C=O) groups is 1. The Balaban J connectivity index is 1.29. The van der Waals surface area contributed by atoms with E-state index >= 15 is 0 Å². The van der Waals surface area contributed by atoms with E-state index in [1.807, 2.05) is 30.3 Å². The van der Waals surface area contributed by atoms with E-state index in [0.717, 1.165) is 29.2 Å². The van der Waals surface area contributed by atoms with Crippen molar-refractivity contribution in [2.75, 3.05) is 5.75 Å². The Kier molecular flexibility index (Phi) is 3.73. The summed E-state index contributed by atoms with van der Waals surface area (Å²) in [6.07, 6.45) is 7.86. The SMILES string of the molecule is O=C(CSc1nnc(C23CC4CC(CC(C4)C2)C3)o1)c1ccccc1. The minimum Gasteiger partial charge on any atom is -0.415 e. The first-order valence-corrected chi connectivity index (χ1v) is 10.2. The standard InChI is InChI=1S/C20H22N2O2S/c23-17(16-4-2-1-3-5-16)12-25-19-22-21-18(24-19)20-9-13-6-14(10-20)8-15(7-13)11-20/h1-5,13-15H,6-12H2. The van der Waals surface area contributed by atoms with Crippen LogP contribution in [0.5, 0.6) is 0 Å². The van der Waals surface area contributed by atoms with Crippen molar-refractivity contribution in [2.24, 2.45) is 17.8 Å². The molecule has 0 saturated heterocycles. The van der Waals surface area contributed by atoms with Gasteiger partial charge in [0.05, 0.1) is 5.75 Å². The van der Waals surface area contributed by atoms with E-state index in [1.165, 1.54) is 50.3 Å². The van der Waals surface area contributed by atoms with E-state index in [-0.39, 0.29) is 11.2 Å². The van der Waals surface area contributed by atoms with Crippen molar-refractivity contribution in [1.29, 1.82) is 0 Å². The maximum atomic E-state index is 12.2. The third kappa shape index (κ3) is 2.82. The van der Waals surface area contributed by atoms with Gasteiger partial charge in [0.25, 0.3) is 5.22 Å². The maximum absolute atomic E-state index is 12.2. The van der Waals surface area contributed by atoms with Crippen LogP contribution in [-0.4, -0.2) is 21.7 Å². The number of thioether (sulfide) groups is 1. The van der Waals surface area contributed by atoms with Crippen molar-refractivity contribution >= 4 is 17.5 Å². The molecule has 5 heteroatoms. The highest BCUT2D eigenvalue weighted by Gasteiger charge is 2.54. The summed E-state index contributed by atoms with van der Waals surface area (Å²) in [5.41, 5.74) is 0.861. The molecule has 130 valence electrons. The fourth-order valence-electron chi connectivity index (χ4n) is 5.69. The summed E-state index contributed by atoms with van der Waals surface area (Å²) in [5.74, 6) is 3.84. The lowest BCUT2D eigenvalue weighted by atomic mass is 9.49. The molecule has 0 atom stereocenters. The average Bonchev–Trinajstić information content (AvgIpc) is 3.09. The van der Waals surface area contributed by atoms with Gasteiger partial charge in [-0.15, -0.1) is 10.2 Å². The zero-order valence-electron chi connectivity index (χ0n) is 14.2. The number of carbonyl (C=O) groups excluding carboxylic acids is 1. The van der Waals surface area contributed by atoms with Crippen LogP contribution in [0.25, 0.3) is 0 Å². The average molecular weight is 354 g/mol. The van der Waals surface area contributed by atoms with E-state index in [2.05, 4.69) is 10.2 Å². The van der Waals surface area contributed by atoms with Gasteiger partial charge < -0.3 is 4.42 Å². The number of hydrogen-bond acceptors (Lipinski definition) is 5. The van der Waals surface area contributed by atoms with Gasteiger partial charge in [0.2, 0.25) is 5.89 Å². The lowest BCUT2D eigenvalue weighted by Gasteiger charge is -2.55. The van der Waals surface area contributed by atoms with Gasteiger partial charge in [-0.2, -0.15) is 0 Å². The number of nitrogens with zero attached hydrogens (tertiary/aromatic N) is 2. The Morgan fingerprint density at radius 1 is 1.04 bits per heavy atom. The molecule has 4 saturated carbocycles. The third-order valence-electron chi connectivity index (χ3n) is 6.32. The van der Waals surface area contributed by atoms with Gasteiger partial charge in [-0.1, -0.05) is 42.1 Å². The molecule has 0 amide bonds. The minimum absolute atomic E-state index is 0.0974. The molecular weight excluding hydrogens is 332 g/mol. The molecule has 6 rings (SSSR count). The topological polar surface area (TPSA) is 56.0 Å². The van der Waals surface area contributed by atoms with Crippen LogP contribution in [0.15, 0.2) is 40.0 Å². The van der Waals surface area contributed by atoms with Crippen LogP contribution in [0.2, 0.25) is 0 Å². The number of rotatable bonds is 5. The van der Waals surface area contributed by atoms with Crippen molar-refractivity contribution < 1.29 is 9.21 Å².